The maximum atomic E-state index is 4.82. The molecule has 0 aliphatic carbocycles. The summed E-state index contributed by atoms with van der Waals surface area (Å²) >= 11 is 0. The molecule has 5 heteroatoms. The van der Waals surface area contributed by atoms with Crippen LogP contribution in [-0.4, -0.2) is 50.5 Å². The van der Waals surface area contributed by atoms with Crippen LogP contribution in [0.1, 0.15) is 50.5 Å². The lowest BCUT2D eigenvalue weighted by atomic mass is 9.87. The maximum absolute atomic E-state index is 4.82. The zero-order valence-electron chi connectivity index (χ0n) is 16.8. The number of piperidine rings is 1. The highest BCUT2D eigenvalue weighted by atomic mass is 15.2. The zero-order valence-corrected chi connectivity index (χ0v) is 16.8. The number of rotatable bonds is 5. The average Bonchev–Trinajstić information content (AvgIpc) is 3.05. The fraction of sp³-hybridized carbons (Fsp3) is 0.636. The summed E-state index contributed by atoms with van der Waals surface area (Å²) in [6.45, 7) is 11.5. The van der Waals surface area contributed by atoms with E-state index >= 15 is 0 Å². The van der Waals surface area contributed by atoms with Crippen LogP contribution in [0, 0.1) is 11.8 Å². The minimum atomic E-state index is 0.420. The lowest BCUT2D eigenvalue weighted by Gasteiger charge is -2.40. The molecule has 0 bridgehead atoms. The molecule has 2 aromatic heterocycles. The molecule has 0 aromatic carbocycles. The number of fused-ring (bicyclic) bond motifs is 1. The second-order valence-corrected chi connectivity index (χ2v) is 8.64. The molecule has 2 aromatic rings. The van der Waals surface area contributed by atoms with Crippen molar-refractivity contribution in [2.75, 3.05) is 26.2 Å². The molecule has 2 aliphatic heterocycles. The van der Waals surface area contributed by atoms with E-state index in [9.17, 15) is 0 Å². The summed E-state index contributed by atoms with van der Waals surface area (Å²) in [6.07, 6.45) is 11.8. The van der Waals surface area contributed by atoms with Crippen LogP contribution < -0.4 is 0 Å². The Bertz CT molecular complexity index is 703. The standard InChI is InChI=1S/C22H33N5/c1-18(2)16-25-12-6-20(7-13-25)21-22-24-9-14-26(22)10-4-11-27(21)17-19-5-3-8-23-15-19/h3,5,8-9,14-15,18,20-21H,4,6-7,10-13,16-17H2,1-2H3. The average molecular weight is 368 g/mol. The Morgan fingerprint density at radius 3 is 2.70 bits per heavy atom. The molecule has 1 saturated heterocycles. The normalized spacial score (nSPS) is 22.7. The Hall–Kier alpha value is -1.72. The van der Waals surface area contributed by atoms with Gasteiger partial charge in [-0.05, 0) is 55.8 Å². The second-order valence-electron chi connectivity index (χ2n) is 8.64. The monoisotopic (exact) mass is 367 g/mol. The van der Waals surface area contributed by atoms with E-state index in [0.29, 0.717) is 12.0 Å². The van der Waals surface area contributed by atoms with E-state index in [1.165, 1.54) is 50.3 Å². The summed E-state index contributed by atoms with van der Waals surface area (Å²) in [5, 5.41) is 0. The fourth-order valence-corrected chi connectivity index (χ4v) is 4.90. The van der Waals surface area contributed by atoms with E-state index in [2.05, 4.69) is 45.5 Å². The molecule has 5 nitrogen and oxygen atoms in total. The molecule has 1 unspecified atom stereocenters. The van der Waals surface area contributed by atoms with Gasteiger partial charge >= 0.3 is 0 Å². The molecule has 0 spiro atoms. The van der Waals surface area contributed by atoms with Gasteiger partial charge in [-0.3, -0.25) is 9.88 Å². The highest BCUT2D eigenvalue weighted by Crippen LogP contribution is 2.37. The van der Waals surface area contributed by atoms with E-state index in [1.807, 2.05) is 24.7 Å². The molecule has 4 heterocycles. The first-order chi connectivity index (χ1) is 13.2. The van der Waals surface area contributed by atoms with Crippen molar-refractivity contribution in [2.24, 2.45) is 11.8 Å². The lowest BCUT2D eigenvalue weighted by Crippen LogP contribution is -2.42. The lowest BCUT2D eigenvalue weighted by molar-refractivity contribution is 0.0755. The largest absolute Gasteiger partial charge is 0.334 e. The molecule has 1 atom stereocenters. The molecule has 0 radical (unpaired) electrons. The van der Waals surface area contributed by atoms with E-state index in [1.54, 1.807) is 0 Å². The van der Waals surface area contributed by atoms with Gasteiger partial charge in [-0.15, -0.1) is 0 Å². The van der Waals surface area contributed by atoms with Crippen molar-refractivity contribution in [2.45, 2.75) is 52.2 Å². The second kappa shape index (κ2) is 8.53. The minimum Gasteiger partial charge on any atom is -0.334 e. The Kier molecular flexibility index (Phi) is 5.89. The third-order valence-corrected chi connectivity index (χ3v) is 6.06. The minimum absolute atomic E-state index is 0.420. The summed E-state index contributed by atoms with van der Waals surface area (Å²) in [5.74, 6) is 2.71. The molecule has 2 aliphatic rings. The van der Waals surface area contributed by atoms with Gasteiger partial charge < -0.3 is 9.47 Å². The summed E-state index contributed by atoms with van der Waals surface area (Å²) < 4.78 is 2.40. The number of hydrogen-bond donors (Lipinski definition) is 0. The van der Waals surface area contributed by atoms with Crippen LogP contribution in [0.15, 0.2) is 36.9 Å². The number of aromatic nitrogens is 3. The van der Waals surface area contributed by atoms with Gasteiger partial charge in [0.05, 0.1) is 6.04 Å². The molecular weight excluding hydrogens is 334 g/mol. The molecule has 1 fully saturated rings. The van der Waals surface area contributed by atoms with E-state index < -0.39 is 0 Å². The predicted octanol–water partition coefficient (Wildman–Crippen LogP) is 3.59. The van der Waals surface area contributed by atoms with E-state index in [4.69, 9.17) is 4.98 Å². The molecular formula is C22H33N5. The van der Waals surface area contributed by atoms with Gasteiger partial charge in [0.2, 0.25) is 0 Å². The van der Waals surface area contributed by atoms with E-state index in [-0.39, 0.29) is 0 Å². The van der Waals surface area contributed by atoms with Crippen LogP contribution in [0.4, 0.5) is 0 Å². The topological polar surface area (TPSA) is 37.2 Å². The van der Waals surface area contributed by atoms with Gasteiger partial charge in [-0.1, -0.05) is 19.9 Å². The highest BCUT2D eigenvalue weighted by Gasteiger charge is 2.35. The van der Waals surface area contributed by atoms with Gasteiger partial charge in [0.25, 0.3) is 0 Å². The number of imidazole rings is 1. The van der Waals surface area contributed by atoms with Crippen LogP contribution >= 0.6 is 0 Å². The predicted molar refractivity (Wildman–Crippen MR) is 108 cm³/mol. The van der Waals surface area contributed by atoms with Crippen LogP contribution in [0.3, 0.4) is 0 Å². The van der Waals surface area contributed by atoms with Gasteiger partial charge in [0, 0.05) is 51.0 Å². The van der Waals surface area contributed by atoms with Crippen LogP contribution in [0.25, 0.3) is 0 Å². The first-order valence-electron chi connectivity index (χ1n) is 10.6. The molecule has 27 heavy (non-hydrogen) atoms. The maximum Gasteiger partial charge on any atom is 0.126 e. The van der Waals surface area contributed by atoms with Crippen molar-refractivity contribution in [1.29, 1.82) is 0 Å². The summed E-state index contributed by atoms with van der Waals surface area (Å²) in [6, 6.07) is 4.67. The number of hydrogen-bond acceptors (Lipinski definition) is 4. The van der Waals surface area contributed by atoms with Crippen molar-refractivity contribution in [3.8, 4) is 0 Å². The smallest absolute Gasteiger partial charge is 0.126 e. The van der Waals surface area contributed by atoms with Crippen molar-refractivity contribution >= 4 is 0 Å². The van der Waals surface area contributed by atoms with Crippen LogP contribution in [0.5, 0.6) is 0 Å². The molecule has 146 valence electrons. The Labute approximate surface area is 163 Å². The summed E-state index contributed by atoms with van der Waals surface area (Å²) in [7, 11) is 0. The van der Waals surface area contributed by atoms with Crippen LogP contribution in [0.2, 0.25) is 0 Å². The molecule has 4 rings (SSSR count). The Morgan fingerprint density at radius 1 is 1.11 bits per heavy atom. The molecule has 0 amide bonds. The van der Waals surface area contributed by atoms with Gasteiger partial charge in [0.1, 0.15) is 5.82 Å². The fourth-order valence-electron chi connectivity index (χ4n) is 4.90. The third kappa shape index (κ3) is 4.41. The number of likely N-dealkylation sites (tertiary alicyclic amines) is 1. The van der Waals surface area contributed by atoms with E-state index in [0.717, 1.165) is 25.6 Å². The quantitative estimate of drug-likeness (QED) is 0.809. The first kappa shape index (κ1) is 18.6. The van der Waals surface area contributed by atoms with Crippen molar-refractivity contribution in [3.05, 3.63) is 48.3 Å². The van der Waals surface area contributed by atoms with Crippen LogP contribution in [-0.2, 0) is 13.1 Å². The number of pyridine rings is 1. The molecule has 0 N–H and O–H groups in total. The van der Waals surface area contributed by atoms with Gasteiger partial charge in [-0.2, -0.15) is 0 Å². The summed E-state index contributed by atoms with van der Waals surface area (Å²) in [4.78, 5) is 14.5. The summed E-state index contributed by atoms with van der Waals surface area (Å²) in [5.41, 5.74) is 1.31. The third-order valence-electron chi connectivity index (χ3n) is 6.06. The Balaban J connectivity index is 1.54. The van der Waals surface area contributed by atoms with Crippen molar-refractivity contribution in [3.63, 3.8) is 0 Å². The van der Waals surface area contributed by atoms with Gasteiger partial charge in [-0.25, -0.2) is 4.98 Å². The van der Waals surface area contributed by atoms with Crippen molar-refractivity contribution in [1.82, 2.24) is 24.3 Å². The first-order valence-corrected chi connectivity index (χ1v) is 10.6. The number of aryl methyl sites for hydroxylation is 1. The zero-order chi connectivity index (χ0) is 18.6. The highest BCUT2D eigenvalue weighted by molar-refractivity contribution is 5.11. The molecule has 0 saturated carbocycles. The SMILES string of the molecule is CC(C)CN1CCC(C2c3nccn3CCCN2Cc2cccnc2)CC1. The van der Waals surface area contributed by atoms with Crippen molar-refractivity contribution < 1.29 is 0 Å². The Morgan fingerprint density at radius 2 is 1.96 bits per heavy atom. The number of nitrogens with zero attached hydrogens (tertiary/aromatic N) is 5. The van der Waals surface area contributed by atoms with Gasteiger partial charge in [0.15, 0.2) is 0 Å².